The molecule has 1 amide bonds. The fourth-order valence-electron chi connectivity index (χ4n) is 2.53. The molecule has 0 fully saturated rings. The number of carbonyl (C=O) groups is 2. The van der Waals surface area contributed by atoms with Crippen molar-refractivity contribution < 1.29 is 23.5 Å². The highest BCUT2D eigenvalue weighted by Gasteiger charge is 2.13. The van der Waals surface area contributed by atoms with Gasteiger partial charge in [0.05, 0.1) is 0 Å². The van der Waals surface area contributed by atoms with Gasteiger partial charge < -0.3 is 14.8 Å². The molecule has 0 aliphatic carbocycles. The molecule has 1 N–H and O–H groups in total. The number of benzene rings is 2. The minimum atomic E-state index is -0.376. The van der Waals surface area contributed by atoms with Gasteiger partial charge in [-0.05, 0) is 48.4 Å². The Morgan fingerprint density at radius 2 is 1.76 bits per heavy atom. The monoisotopic (exact) mass is 343 g/mol. The lowest BCUT2D eigenvalue weighted by Crippen LogP contribution is -2.22. The maximum absolute atomic E-state index is 12.8. The average Bonchev–Trinajstić information content (AvgIpc) is 3.08. The van der Waals surface area contributed by atoms with Gasteiger partial charge in [0, 0.05) is 24.9 Å². The maximum Gasteiger partial charge on any atom is 0.231 e. The van der Waals surface area contributed by atoms with E-state index in [2.05, 4.69) is 5.32 Å². The van der Waals surface area contributed by atoms with Crippen LogP contribution < -0.4 is 14.8 Å². The highest BCUT2D eigenvalue weighted by Crippen LogP contribution is 2.32. The number of carbonyl (C=O) groups excluding carboxylic acids is 2. The van der Waals surface area contributed by atoms with E-state index >= 15 is 0 Å². The van der Waals surface area contributed by atoms with E-state index in [0.717, 1.165) is 5.56 Å². The Morgan fingerprint density at radius 1 is 1.00 bits per heavy atom. The van der Waals surface area contributed by atoms with Crippen molar-refractivity contribution in [2.75, 3.05) is 6.79 Å². The summed E-state index contributed by atoms with van der Waals surface area (Å²) in [5.74, 6) is 0.790. The molecule has 2 aromatic carbocycles. The fourth-order valence-corrected chi connectivity index (χ4v) is 2.53. The zero-order chi connectivity index (χ0) is 17.6. The molecule has 6 heteroatoms. The zero-order valence-corrected chi connectivity index (χ0v) is 13.6. The Balaban J connectivity index is 1.39. The molecule has 0 spiro atoms. The van der Waals surface area contributed by atoms with Gasteiger partial charge in [-0.2, -0.15) is 0 Å². The number of Topliss-reactive ketones (excluding diaryl/α,β-unsaturated/α-hetero) is 1. The van der Waals surface area contributed by atoms with E-state index in [9.17, 15) is 14.0 Å². The summed E-state index contributed by atoms with van der Waals surface area (Å²) in [5.41, 5.74) is 1.38. The molecule has 0 unspecified atom stereocenters. The number of halogens is 1. The van der Waals surface area contributed by atoms with E-state index in [0.29, 0.717) is 30.0 Å². The SMILES string of the molecule is O=C(CCCC(=O)c1ccc(F)cc1)NCc1ccc2c(c1)OCO2. The summed E-state index contributed by atoms with van der Waals surface area (Å²) < 4.78 is 23.4. The van der Waals surface area contributed by atoms with Gasteiger partial charge in [-0.1, -0.05) is 6.07 Å². The van der Waals surface area contributed by atoms with Crippen LogP contribution in [0.25, 0.3) is 0 Å². The second-order valence-electron chi connectivity index (χ2n) is 5.75. The Hall–Kier alpha value is -2.89. The summed E-state index contributed by atoms with van der Waals surface area (Å²) in [6, 6.07) is 10.9. The molecule has 0 atom stereocenters. The zero-order valence-electron chi connectivity index (χ0n) is 13.6. The summed E-state index contributed by atoms with van der Waals surface area (Å²) >= 11 is 0. The second kappa shape index (κ2) is 7.79. The summed E-state index contributed by atoms with van der Waals surface area (Å²) in [6.07, 6.45) is 0.962. The van der Waals surface area contributed by atoms with Crippen molar-refractivity contribution in [3.8, 4) is 11.5 Å². The van der Waals surface area contributed by atoms with Crippen molar-refractivity contribution in [3.63, 3.8) is 0 Å². The van der Waals surface area contributed by atoms with E-state index in [-0.39, 0.29) is 37.1 Å². The molecule has 0 saturated carbocycles. The van der Waals surface area contributed by atoms with Gasteiger partial charge in [0.1, 0.15) is 5.82 Å². The Labute approximate surface area is 144 Å². The minimum absolute atomic E-state index is 0.0939. The number of nitrogens with one attached hydrogen (secondary N) is 1. The van der Waals surface area contributed by atoms with E-state index in [1.54, 1.807) is 0 Å². The van der Waals surface area contributed by atoms with Crippen molar-refractivity contribution in [1.29, 1.82) is 0 Å². The van der Waals surface area contributed by atoms with E-state index in [1.165, 1.54) is 24.3 Å². The first-order valence-corrected chi connectivity index (χ1v) is 8.06. The summed E-state index contributed by atoms with van der Waals surface area (Å²) in [4.78, 5) is 23.8. The number of hydrogen-bond donors (Lipinski definition) is 1. The number of hydrogen-bond acceptors (Lipinski definition) is 4. The molecule has 0 saturated heterocycles. The molecule has 25 heavy (non-hydrogen) atoms. The third-order valence-corrected chi connectivity index (χ3v) is 3.90. The molecule has 3 rings (SSSR count). The summed E-state index contributed by atoms with van der Waals surface area (Å²) in [7, 11) is 0. The predicted molar refractivity (Wildman–Crippen MR) is 89.0 cm³/mol. The summed E-state index contributed by atoms with van der Waals surface area (Å²) in [5, 5.41) is 2.81. The summed E-state index contributed by atoms with van der Waals surface area (Å²) in [6.45, 7) is 0.606. The van der Waals surface area contributed by atoms with E-state index in [4.69, 9.17) is 9.47 Å². The van der Waals surface area contributed by atoms with Crippen molar-refractivity contribution in [1.82, 2.24) is 5.32 Å². The molecule has 0 radical (unpaired) electrons. The van der Waals surface area contributed by atoms with Crippen molar-refractivity contribution in [2.24, 2.45) is 0 Å². The first-order chi connectivity index (χ1) is 12.1. The van der Waals surface area contributed by atoms with Crippen LogP contribution in [-0.4, -0.2) is 18.5 Å². The smallest absolute Gasteiger partial charge is 0.231 e. The van der Waals surface area contributed by atoms with Crippen LogP contribution in [0.4, 0.5) is 4.39 Å². The fraction of sp³-hybridized carbons (Fsp3) is 0.263. The molecule has 1 aliphatic heterocycles. The molecule has 2 aromatic rings. The molecule has 1 heterocycles. The molecule has 5 nitrogen and oxygen atoms in total. The van der Waals surface area contributed by atoms with Gasteiger partial charge in [0.25, 0.3) is 0 Å². The topological polar surface area (TPSA) is 64.6 Å². The Kier molecular flexibility index (Phi) is 5.28. The lowest BCUT2D eigenvalue weighted by molar-refractivity contribution is -0.121. The predicted octanol–water partition coefficient (Wildman–Crippen LogP) is 3.22. The number of rotatable bonds is 7. The molecule has 0 aromatic heterocycles. The number of fused-ring (bicyclic) bond motifs is 1. The molecule has 0 bridgehead atoms. The van der Waals surface area contributed by atoms with Crippen LogP contribution in [-0.2, 0) is 11.3 Å². The van der Waals surface area contributed by atoms with Crippen molar-refractivity contribution in [3.05, 3.63) is 59.4 Å². The van der Waals surface area contributed by atoms with Gasteiger partial charge in [-0.25, -0.2) is 4.39 Å². The van der Waals surface area contributed by atoms with Crippen molar-refractivity contribution in [2.45, 2.75) is 25.8 Å². The largest absolute Gasteiger partial charge is 0.454 e. The van der Waals surface area contributed by atoms with Crippen LogP contribution in [0.1, 0.15) is 35.2 Å². The van der Waals surface area contributed by atoms with Crippen LogP contribution in [0, 0.1) is 5.82 Å². The van der Waals surface area contributed by atoms with Crippen LogP contribution in [0.2, 0.25) is 0 Å². The minimum Gasteiger partial charge on any atom is -0.454 e. The van der Waals surface area contributed by atoms with Gasteiger partial charge in [-0.3, -0.25) is 9.59 Å². The van der Waals surface area contributed by atoms with Crippen LogP contribution in [0.15, 0.2) is 42.5 Å². The maximum atomic E-state index is 12.8. The first kappa shape index (κ1) is 17.0. The molecular weight excluding hydrogens is 325 g/mol. The second-order valence-corrected chi connectivity index (χ2v) is 5.75. The Morgan fingerprint density at radius 3 is 2.56 bits per heavy atom. The highest BCUT2D eigenvalue weighted by atomic mass is 19.1. The third kappa shape index (κ3) is 4.56. The normalized spacial score (nSPS) is 12.0. The van der Waals surface area contributed by atoms with Gasteiger partial charge in [-0.15, -0.1) is 0 Å². The van der Waals surface area contributed by atoms with Crippen molar-refractivity contribution >= 4 is 11.7 Å². The lowest BCUT2D eigenvalue weighted by Gasteiger charge is -2.06. The van der Waals surface area contributed by atoms with Crippen LogP contribution >= 0.6 is 0 Å². The van der Waals surface area contributed by atoms with Crippen LogP contribution in [0.5, 0.6) is 11.5 Å². The first-order valence-electron chi connectivity index (χ1n) is 8.06. The highest BCUT2D eigenvalue weighted by molar-refractivity contribution is 5.96. The van der Waals surface area contributed by atoms with E-state index in [1.807, 2.05) is 18.2 Å². The van der Waals surface area contributed by atoms with Gasteiger partial charge in [0.2, 0.25) is 12.7 Å². The number of ether oxygens (including phenoxy) is 2. The molecular formula is C19H18FNO4. The van der Waals surface area contributed by atoms with E-state index < -0.39 is 0 Å². The average molecular weight is 343 g/mol. The third-order valence-electron chi connectivity index (χ3n) is 3.90. The lowest BCUT2D eigenvalue weighted by atomic mass is 10.1. The number of ketones is 1. The van der Waals surface area contributed by atoms with Gasteiger partial charge >= 0.3 is 0 Å². The number of amides is 1. The Bertz CT molecular complexity index is 773. The van der Waals surface area contributed by atoms with Gasteiger partial charge in [0.15, 0.2) is 17.3 Å². The molecule has 130 valence electrons. The quantitative estimate of drug-likeness (QED) is 0.784. The standard InChI is InChI=1S/C19H18FNO4/c20-15-7-5-14(6-8-15)16(22)2-1-3-19(23)21-11-13-4-9-17-18(10-13)25-12-24-17/h4-10H,1-3,11-12H2,(H,21,23). The molecule has 1 aliphatic rings. The van der Waals surface area contributed by atoms with Crippen LogP contribution in [0.3, 0.4) is 0 Å².